The lowest BCUT2D eigenvalue weighted by atomic mass is 10.0. The van der Waals surface area contributed by atoms with E-state index in [4.69, 9.17) is 16.3 Å². The quantitative estimate of drug-likeness (QED) is 0.799. The van der Waals surface area contributed by atoms with Gasteiger partial charge in [-0.15, -0.1) is 0 Å². The second-order valence-electron chi connectivity index (χ2n) is 6.63. The minimum atomic E-state index is -3.08. The molecule has 2 fully saturated rings. The maximum atomic E-state index is 14.1. The molecule has 0 saturated carbocycles. The molecule has 2 aliphatic rings. The van der Waals surface area contributed by atoms with Crippen molar-refractivity contribution in [1.29, 1.82) is 0 Å². The van der Waals surface area contributed by atoms with E-state index in [1.165, 1.54) is 23.2 Å². The molecule has 2 amide bonds. The van der Waals surface area contributed by atoms with Crippen molar-refractivity contribution in [2.45, 2.75) is 31.7 Å². The molecule has 0 N–H and O–H groups in total. The van der Waals surface area contributed by atoms with Crippen LogP contribution >= 0.6 is 11.6 Å². The van der Waals surface area contributed by atoms with E-state index in [-0.39, 0.29) is 24.2 Å². The van der Waals surface area contributed by atoms with Crippen molar-refractivity contribution in [2.75, 3.05) is 19.6 Å². The maximum absolute atomic E-state index is 14.1. The Morgan fingerprint density at radius 2 is 2.16 bits per heavy atom. The van der Waals surface area contributed by atoms with Crippen LogP contribution in [0.4, 0.5) is 13.6 Å². The molecule has 2 atom stereocenters. The molecule has 9 heteroatoms. The molecule has 0 bridgehead atoms. The van der Waals surface area contributed by atoms with E-state index < -0.39 is 31.0 Å². The first-order valence-electron chi connectivity index (χ1n) is 7.99. The van der Waals surface area contributed by atoms with Gasteiger partial charge in [-0.05, 0) is 12.0 Å². The molecular formula is C16H18ClF2N3O3. The number of amides is 2. The summed E-state index contributed by atoms with van der Waals surface area (Å²) in [5, 5.41) is 0.367. The normalized spacial score (nSPS) is 26.0. The Morgan fingerprint density at radius 1 is 1.40 bits per heavy atom. The number of halogens is 3. The second-order valence-corrected chi connectivity index (χ2v) is 7.07. The summed E-state index contributed by atoms with van der Waals surface area (Å²) in [5.41, 5.74) is 0. The summed E-state index contributed by atoms with van der Waals surface area (Å²) in [6.45, 7) is 1.60. The fourth-order valence-corrected chi connectivity index (χ4v) is 3.38. The van der Waals surface area contributed by atoms with Gasteiger partial charge in [0, 0.05) is 38.2 Å². The number of hydrogen-bond donors (Lipinski definition) is 0. The SMILES string of the molecule is C[C@@H]1CC(=O)N(C2CN(C(=O)Oc3ccc(Cl)cn3)CC(F)(F)C2)C1. The fraction of sp³-hybridized carbons (Fsp3) is 0.562. The van der Waals surface area contributed by atoms with E-state index in [0.29, 0.717) is 18.0 Å². The minimum absolute atomic E-state index is 0.0144. The molecule has 2 saturated heterocycles. The Balaban J connectivity index is 1.71. The number of carbonyl (C=O) groups is 2. The molecule has 0 aliphatic carbocycles. The van der Waals surface area contributed by atoms with Crippen molar-refractivity contribution >= 4 is 23.6 Å². The number of likely N-dealkylation sites (tertiary alicyclic amines) is 2. The van der Waals surface area contributed by atoms with Crippen LogP contribution in [0.2, 0.25) is 5.02 Å². The Morgan fingerprint density at radius 3 is 2.76 bits per heavy atom. The van der Waals surface area contributed by atoms with Gasteiger partial charge in [-0.25, -0.2) is 18.6 Å². The fourth-order valence-electron chi connectivity index (χ4n) is 3.27. The molecule has 0 aromatic carbocycles. The Kier molecular flexibility index (Phi) is 4.81. The first-order valence-corrected chi connectivity index (χ1v) is 8.37. The van der Waals surface area contributed by atoms with Gasteiger partial charge in [-0.1, -0.05) is 18.5 Å². The average Bonchev–Trinajstić information content (AvgIpc) is 2.86. The topological polar surface area (TPSA) is 62.7 Å². The summed E-state index contributed by atoms with van der Waals surface area (Å²) in [5.74, 6) is -3.13. The molecule has 6 nitrogen and oxygen atoms in total. The predicted molar refractivity (Wildman–Crippen MR) is 85.7 cm³/mol. The van der Waals surface area contributed by atoms with Crippen LogP contribution in [-0.2, 0) is 4.79 Å². The van der Waals surface area contributed by atoms with E-state index in [0.717, 1.165) is 4.90 Å². The Hall–Kier alpha value is -1.96. The molecule has 3 heterocycles. The van der Waals surface area contributed by atoms with Crippen molar-refractivity contribution in [3.05, 3.63) is 23.4 Å². The number of carbonyl (C=O) groups excluding carboxylic acids is 2. The smallest absolute Gasteiger partial charge is 0.391 e. The monoisotopic (exact) mass is 373 g/mol. The number of piperidine rings is 1. The third-order valence-corrected chi connectivity index (χ3v) is 4.55. The van der Waals surface area contributed by atoms with Crippen molar-refractivity contribution < 1.29 is 23.1 Å². The van der Waals surface area contributed by atoms with Crippen LogP contribution in [0.3, 0.4) is 0 Å². The summed E-state index contributed by atoms with van der Waals surface area (Å²) >= 11 is 5.70. The number of hydrogen-bond acceptors (Lipinski definition) is 4. The molecule has 3 rings (SSSR count). The summed E-state index contributed by atoms with van der Waals surface area (Å²) in [7, 11) is 0. The second kappa shape index (κ2) is 6.74. The summed E-state index contributed by atoms with van der Waals surface area (Å²) in [6.07, 6.45) is 0.274. The molecule has 0 spiro atoms. The van der Waals surface area contributed by atoms with E-state index in [1.54, 1.807) is 0 Å². The van der Waals surface area contributed by atoms with E-state index in [1.807, 2.05) is 6.92 Å². The van der Waals surface area contributed by atoms with Crippen LogP contribution in [0.1, 0.15) is 19.8 Å². The van der Waals surface area contributed by atoms with Crippen molar-refractivity contribution in [3.8, 4) is 5.88 Å². The molecule has 136 valence electrons. The van der Waals surface area contributed by atoms with Gasteiger partial charge < -0.3 is 9.64 Å². The van der Waals surface area contributed by atoms with E-state index >= 15 is 0 Å². The third-order valence-electron chi connectivity index (χ3n) is 4.33. The predicted octanol–water partition coefficient (Wildman–Crippen LogP) is 2.81. The van der Waals surface area contributed by atoms with Gasteiger partial charge in [0.15, 0.2) is 0 Å². The lowest BCUT2D eigenvalue weighted by Gasteiger charge is -2.40. The molecule has 1 unspecified atom stereocenters. The van der Waals surface area contributed by atoms with E-state index in [9.17, 15) is 18.4 Å². The number of rotatable bonds is 2. The highest BCUT2D eigenvalue weighted by molar-refractivity contribution is 6.30. The zero-order chi connectivity index (χ0) is 18.2. The zero-order valence-corrected chi connectivity index (χ0v) is 14.4. The largest absolute Gasteiger partial charge is 0.416 e. The average molecular weight is 374 g/mol. The maximum Gasteiger partial charge on any atom is 0.416 e. The molecule has 0 radical (unpaired) electrons. The Bertz CT molecular complexity index is 671. The number of alkyl halides is 2. The van der Waals surface area contributed by atoms with E-state index in [2.05, 4.69) is 4.98 Å². The van der Waals surface area contributed by atoms with Crippen LogP contribution in [0.15, 0.2) is 18.3 Å². The lowest BCUT2D eigenvalue weighted by molar-refractivity contribution is -0.135. The first kappa shape index (κ1) is 17.8. The van der Waals surface area contributed by atoms with Crippen LogP contribution < -0.4 is 4.74 Å². The number of ether oxygens (including phenoxy) is 1. The van der Waals surface area contributed by atoms with Gasteiger partial charge in [-0.3, -0.25) is 9.69 Å². The summed E-state index contributed by atoms with van der Waals surface area (Å²) < 4.78 is 33.3. The molecular weight excluding hydrogens is 356 g/mol. The van der Waals surface area contributed by atoms with Crippen molar-refractivity contribution in [2.24, 2.45) is 5.92 Å². The molecule has 2 aliphatic heterocycles. The van der Waals surface area contributed by atoms with Gasteiger partial charge in [0.2, 0.25) is 11.8 Å². The van der Waals surface area contributed by atoms with Gasteiger partial charge in [0.1, 0.15) is 0 Å². The Labute approximate surface area is 148 Å². The zero-order valence-electron chi connectivity index (χ0n) is 13.6. The third kappa shape index (κ3) is 4.18. The van der Waals surface area contributed by atoms with Crippen LogP contribution in [0, 0.1) is 5.92 Å². The van der Waals surface area contributed by atoms with Crippen LogP contribution in [-0.4, -0.2) is 58.4 Å². The number of pyridine rings is 1. The van der Waals surface area contributed by atoms with Crippen molar-refractivity contribution in [3.63, 3.8) is 0 Å². The molecule has 25 heavy (non-hydrogen) atoms. The van der Waals surface area contributed by atoms with Gasteiger partial charge in [0.05, 0.1) is 17.6 Å². The number of nitrogens with zero attached hydrogens (tertiary/aromatic N) is 3. The van der Waals surface area contributed by atoms with Gasteiger partial charge in [0.25, 0.3) is 5.92 Å². The standard InChI is InChI=1S/C16H18ClF2N3O3/c1-10-4-14(23)22(7-10)12-5-16(18,19)9-21(8-12)15(24)25-13-3-2-11(17)6-20-13/h2-3,6,10,12H,4-5,7-9H2,1H3/t10-,12?/m1/s1. The highest BCUT2D eigenvalue weighted by Crippen LogP contribution is 2.32. The van der Waals surface area contributed by atoms with Crippen LogP contribution in [0.25, 0.3) is 0 Å². The van der Waals surface area contributed by atoms with Crippen molar-refractivity contribution in [1.82, 2.24) is 14.8 Å². The molecule has 1 aromatic heterocycles. The van der Waals surface area contributed by atoms with Gasteiger partial charge in [-0.2, -0.15) is 0 Å². The summed E-state index contributed by atoms with van der Waals surface area (Å²) in [6, 6.07) is 2.15. The number of aromatic nitrogens is 1. The highest BCUT2D eigenvalue weighted by atomic mass is 35.5. The minimum Gasteiger partial charge on any atom is -0.391 e. The summed E-state index contributed by atoms with van der Waals surface area (Å²) in [4.78, 5) is 30.5. The lowest BCUT2D eigenvalue weighted by Crippen LogP contribution is -2.57. The van der Waals surface area contributed by atoms with Crippen LogP contribution in [0.5, 0.6) is 5.88 Å². The highest BCUT2D eigenvalue weighted by Gasteiger charge is 2.46. The van der Waals surface area contributed by atoms with Gasteiger partial charge >= 0.3 is 6.09 Å². The first-order chi connectivity index (χ1) is 11.7. The molecule has 1 aromatic rings.